The summed E-state index contributed by atoms with van der Waals surface area (Å²) in [5.41, 5.74) is 16.3. The molecule has 460 valence electrons. The lowest BCUT2D eigenvalue weighted by molar-refractivity contribution is 0.130. The molecular weight excluding hydrogens is 1150 g/mol. The highest BCUT2D eigenvalue weighted by Crippen LogP contribution is 2.48. The largest absolute Gasteiger partial charge is 0.507 e. The number of alkyl halides is 2. The molecule has 0 amide bonds. The van der Waals surface area contributed by atoms with Crippen LogP contribution in [0, 0.1) is 27.7 Å². The number of phenols is 4. The molecule has 0 fully saturated rings. The summed E-state index contributed by atoms with van der Waals surface area (Å²) in [6, 6.07) is 31.1. The van der Waals surface area contributed by atoms with Crippen molar-refractivity contribution in [1.82, 2.24) is 0 Å². The van der Waals surface area contributed by atoms with Gasteiger partial charge in [-0.25, -0.2) is 0 Å². The van der Waals surface area contributed by atoms with E-state index >= 15 is 0 Å². The number of aromatic hydroxyl groups is 4. The number of hydrogen-bond acceptors (Lipinski definition) is 14. The highest BCUT2D eigenvalue weighted by molar-refractivity contribution is 6.40. The first-order valence-electron chi connectivity index (χ1n) is 28.3. The van der Waals surface area contributed by atoms with Crippen molar-refractivity contribution in [2.75, 3.05) is 76.4 Å². The third-order valence-corrected chi connectivity index (χ3v) is 16.0. The van der Waals surface area contributed by atoms with Crippen molar-refractivity contribution in [3.63, 3.8) is 0 Å². The first kappa shape index (κ1) is 64.8. The topological polar surface area (TPSA) is 173 Å². The van der Waals surface area contributed by atoms with E-state index in [1.54, 1.807) is 83.2 Å². The van der Waals surface area contributed by atoms with Gasteiger partial charge < -0.3 is 67.8 Å². The van der Waals surface area contributed by atoms with Crippen LogP contribution in [0.5, 0.6) is 69.0 Å². The average Bonchev–Trinajstić information content (AvgIpc) is 1.06. The zero-order chi connectivity index (χ0) is 63.0. The molecule has 4 N–H and O–H groups in total. The van der Waals surface area contributed by atoms with E-state index in [9.17, 15) is 20.4 Å². The number of methoxy groups -OCH3 is 10. The van der Waals surface area contributed by atoms with Crippen LogP contribution in [0.2, 0.25) is 0 Å². The van der Waals surface area contributed by atoms with E-state index in [0.717, 1.165) is 77.9 Å². The van der Waals surface area contributed by atoms with Gasteiger partial charge in [-0.1, -0.05) is 58.7 Å². The molecule has 0 aliphatic heterocycles. The quantitative estimate of drug-likeness (QED) is 0.0953. The molecule has 0 heterocycles. The van der Waals surface area contributed by atoms with Crippen LogP contribution in [0.15, 0.2) is 97.1 Å². The fourth-order valence-electron chi connectivity index (χ4n) is 12.4. The van der Waals surface area contributed by atoms with Gasteiger partial charge in [0.2, 0.25) is 0 Å². The Morgan fingerprint density at radius 3 is 0.736 bits per heavy atom. The van der Waals surface area contributed by atoms with Gasteiger partial charge in [0.1, 0.15) is 81.2 Å². The molecule has 2 aliphatic rings. The second kappa shape index (κ2) is 28.6. The first-order chi connectivity index (χ1) is 41.8. The summed E-state index contributed by atoms with van der Waals surface area (Å²) in [7, 11) is 16.2. The molecule has 0 spiro atoms. The number of aryl methyl sites for hydroxylation is 4. The Balaban J connectivity index is 0.000000216. The number of fused-ring (bicyclic) bond motifs is 16. The van der Waals surface area contributed by atoms with E-state index in [-0.39, 0.29) is 28.3 Å². The zero-order valence-corrected chi connectivity index (χ0v) is 53.5. The van der Waals surface area contributed by atoms with Crippen LogP contribution in [-0.2, 0) is 48.0 Å². The Bertz CT molecular complexity index is 3560. The third kappa shape index (κ3) is 13.9. The monoisotopic (exact) mass is 1220 g/mol. The third-order valence-electron chi connectivity index (χ3n) is 16.0. The smallest absolute Gasteiger partial charge is 0.128 e. The maximum atomic E-state index is 11.7. The Labute approximate surface area is 520 Å². The summed E-state index contributed by atoms with van der Waals surface area (Å²) >= 11 is 9.53. The number of ether oxygens (including phenoxy) is 10. The van der Waals surface area contributed by atoms with Crippen LogP contribution in [-0.4, -0.2) is 96.9 Å². The normalized spacial score (nSPS) is 14.0. The fraction of sp³-hybridized carbons (Fsp3) is 0.324. The van der Waals surface area contributed by atoms with Gasteiger partial charge in [0, 0.05) is 108 Å². The maximum absolute atomic E-state index is 11.7. The lowest BCUT2D eigenvalue weighted by atomic mass is 9.88. The maximum Gasteiger partial charge on any atom is 0.128 e. The molecule has 14 nitrogen and oxygen atoms in total. The standard InChI is InChI=1S/2C35H38O7.CH2Cl2/c2*1-19-8-24-12-21-15-27(38-3)16-22(31(21)36)13-26-10-20(2)11-30(34(26)41-6)35(42-7)29-18-28(39-4)17-23(32(29)37)14-25(9-19)33(24)40-5;2-1-3/h2*8-11,15-18,35-37H,12-14H2,1-7H3;1H2/t2*35-;/m00./s1. The molecule has 16 bridgehead atoms. The molecule has 87 heavy (non-hydrogen) atoms. The average molecular weight is 1230 g/mol. The predicted molar refractivity (Wildman–Crippen MR) is 341 cm³/mol. The molecule has 8 aromatic rings. The van der Waals surface area contributed by atoms with Gasteiger partial charge in [0.25, 0.3) is 0 Å². The van der Waals surface area contributed by atoms with Gasteiger partial charge >= 0.3 is 0 Å². The molecule has 2 atom stereocenters. The van der Waals surface area contributed by atoms with Crippen LogP contribution in [0.25, 0.3) is 0 Å². The molecule has 2 aliphatic carbocycles. The van der Waals surface area contributed by atoms with E-state index in [1.165, 1.54) is 0 Å². The molecule has 0 radical (unpaired) electrons. The van der Waals surface area contributed by atoms with Gasteiger partial charge in [-0.15, -0.1) is 23.2 Å². The van der Waals surface area contributed by atoms with E-state index in [2.05, 4.69) is 24.3 Å². The van der Waals surface area contributed by atoms with Crippen LogP contribution >= 0.6 is 23.2 Å². The van der Waals surface area contributed by atoms with Gasteiger partial charge in [0.05, 0.1) is 62.2 Å². The summed E-state index contributed by atoms with van der Waals surface area (Å²) in [4.78, 5) is 0. The predicted octanol–water partition coefficient (Wildman–Crippen LogP) is 14.6. The molecule has 10 rings (SSSR count). The van der Waals surface area contributed by atoms with E-state index in [0.29, 0.717) is 118 Å². The minimum atomic E-state index is -0.662. The molecule has 0 saturated carbocycles. The Morgan fingerprint density at radius 2 is 0.506 bits per heavy atom. The minimum absolute atomic E-state index is 0.123. The summed E-state index contributed by atoms with van der Waals surface area (Å²) in [6.45, 7) is 8.07. The van der Waals surface area contributed by atoms with Crippen LogP contribution in [0.3, 0.4) is 0 Å². The number of rotatable bonds is 10. The molecule has 8 aromatic carbocycles. The number of phenolic OH excluding ortho intramolecular Hbond substituents is 4. The Morgan fingerprint density at radius 1 is 0.287 bits per heavy atom. The summed E-state index contributed by atoms with van der Waals surface area (Å²) in [5.74, 6) is 5.80. The number of benzene rings is 8. The van der Waals surface area contributed by atoms with Crippen molar-refractivity contribution < 1.29 is 67.8 Å². The molecule has 0 unspecified atom stereocenters. The Hall–Kier alpha value is -8.14. The minimum Gasteiger partial charge on any atom is -0.507 e. The number of halogens is 2. The van der Waals surface area contributed by atoms with Crippen molar-refractivity contribution in [2.45, 2.75) is 78.4 Å². The molecule has 16 heteroatoms. The highest BCUT2D eigenvalue weighted by atomic mass is 35.5. The van der Waals surface area contributed by atoms with Crippen molar-refractivity contribution in [3.8, 4) is 69.0 Å². The van der Waals surface area contributed by atoms with Crippen LogP contribution in [0.4, 0.5) is 0 Å². The first-order valence-corrected chi connectivity index (χ1v) is 29.3. The lowest BCUT2D eigenvalue weighted by Gasteiger charge is -2.25. The highest BCUT2D eigenvalue weighted by Gasteiger charge is 2.31. The SMILES string of the molecule is COc1cc2c(O)c(c1)Cc1cc(C)cc(c1OC)[C@@H](OC)c1cc(OC)cc(c1O)Cc1cc(C)cc(c1OC)C2.COc1cc2c(O)c(c1)Cc1cc(C)cc(c1OC)[C@@H](OC)c1cc(OC)cc(c1O)Cc1cc(C)cc(c1OC)C2.ClCCl. The van der Waals surface area contributed by atoms with Gasteiger partial charge in [0.15, 0.2) is 0 Å². The zero-order valence-electron chi connectivity index (χ0n) is 52.0. The van der Waals surface area contributed by atoms with E-state index < -0.39 is 12.2 Å². The lowest BCUT2D eigenvalue weighted by Crippen LogP contribution is -2.10. The van der Waals surface area contributed by atoms with Crippen molar-refractivity contribution >= 4 is 23.2 Å². The number of hydrogen-bond donors (Lipinski definition) is 4. The summed E-state index contributed by atoms with van der Waals surface area (Å²) in [6.07, 6.45) is 1.06. The van der Waals surface area contributed by atoms with Crippen LogP contribution < -0.4 is 37.9 Å². The fourth-order valence-corrected chi connectivity index (χ4v) is 12.4. The second-order valence-electron chi connectivity index (χ2n) is 21.8. The van der Waals surface area contributed by atoms with Gasteiger partial charge in [-0.3, -0.25) is 0 Å². The van der Waals surface area contributed by atoms with Crippen molar-refractivity contribution in [2.24, 2.45) is 0 Å². The van der Waals surface area contributed by atoms with E-state index in [1.807, 2.05) is 88.4 Å². The van der Waals surface area contributed by atoms with Crippen LogP contribution in [0.1, 0.15) is 123 Å². The summed E-state index contributed by atoms with van der Waals surface area (Å²) < 4.78 is 58.8. The van der Waals surface area contributed by atoms with E-state index in [4.69, 9.17) is 70.6 Å². The summed E-state index contributed by atoms with van der Waals surface area (Å²) in [5, 5.41) is 46.9. The van der Waals surface area contributed by atoms with Gasteiger partial charge in [-0.2, -0.15) is 0 Å². The van der Waals surface area contributed by atoms with Crippen molar-refractivity contribution in [3.05, 3.63) is 208 Å². The van der Waals surface area contributed by atoms with Gasteiger partial charge in [-0.05, 0) is 122 Å². The second-order valence-corrected chi connectivity index (χ2v) is 22.6. The molecule has 0 aromatic heterocycles. The van der Waals surface area contributed by atoms with Crippen molar-refractivity contribution in [1.29, 1.82) is 0 Å². The molecule has 0 saturated heterocycles. The molecular formula is C71H78Cl2O14. The Kier molecular flexibility index (Phi) is 21.3.